The molecule has 0 aliphatic carbocycles. The maximum Gasteiger partial charge on any atom is 0.306 e. The molecule has 0 aliphatic rings. The first-order valence-corrected chi connectivity index (χ1v) is 8.08. The summed E-state index contributed by atoms with van der Waals surface area (Å²) in [5, 5.41) is 8.26. The predicted octanol–water partition coefficient (Wildman–Crippen LogP) is 3.04. The molecule has 0 bridgehead atoms. The molecule has 2 aromatic heterocycles. The fraction of sp³-hybridized carbons (Fsp3) is 0.0588. The first kappa shape index (κ1) is 14.5. The van der Waals surface area contributed by atoms with E-state index in [0.29, 0.717) is 12.3 Å². The first-order valence-electron chi connectivity index (χ1n) is 7.26. The van der Waals surface area contributed by atoms with E-state index in [4.69, 9.17) is 10.2 Å². The Balaban J connectivity index is 1.64. The van der Waals surface area contributed by atoms with Crippen LogP contribution >= 0.6 is 11.3 Å². The number of hydrogen-bond acceptors (Lipinski definition) is 6. The van der Waals surface area contributed by atoms with Crippen molar-refractivity contribution in [2.75, 3.05) is 0 Å². The highest BCUT2D eigenvalue weighted by molar-refractivity contribution is 7.18. The van der Waals surface area contributed by atoms with Crippen LogP contribution < -0.4 is 5.73 Å². The number of benzene rings is 2. The zero-order valence-electron chi connectivity index (χ0n) is 12.5. The molecule has 2 aromatic carbocycles. The average molecular weight is 336 g/mol. The summed E-state index contributed by atoms with van der Waals surface area (Å²) in [6.45, 7) is 0. The van der Waals surface area contributed by atoms with E-state index in [1.807, 2.05) is 24.3 Å². The third-order valence-electron chi connectivity index (χ3n) is 3.52. The van der Waals surface area contributed by atoms with Gasteiger partial charge in [-0.2, -0.15) is 0 Å². The van der Waals surface area contributed by atoms with Gasteiger partial charge in [0.15, 0.2) is 0 Å². The molecule has 4 rings (SSSR count). The largest absolute Gasteiger partial charge is 0.416 e. The Morgan fingerprint density at radius 2 is 1.92 bits per heavy atom. The molecule has 1 amide bonds. The van der Waals surface area contributed by atoms with Gasteiger partial charge in [0.05, 0.1) is 16.6 Å². The van der Waals surface area contributed by atoms with Gasteiger partial charge in [-0.3, -0.25) is 4.79 Å². The molecule has 7 heteroatoms. The number of primary amides is 1. The molecule has 0 spiro atoms. The van der Waals surface area contributed by atoms with Crippen LogP contribution in [0.1, 0.15) is 21.6 Å². The number of carbonyl (C=O) groups is 1. The molecule has 24 heavy (non-hydrogen) atoms. The number of thiazole rings is 1. The summed E-state index contributed by atoms with van der Waals surface area (Å²) in [5.41, 5.74) is 8.34. The highest BCUT2D eigenvalue weighted by atomic mass is 32.1. The van der Waals surface area contributed by atoms with Gasteiger partial charge in [0.2, 0.25) is 5.89 Å². The Labute approximate surface area is 141 Å². The van der Waals surface area contributed by atoms with E-state index in [9.17, 15) is 4.79 Å². The third kappa shape index (κ3) is 2.77. The van der Waals surface area contributed by atoms with Gasteiger partial charge in [0.25, 0.3) is 0 Å². The van der Waals surface area contributed by atoms with Gasteiger partial charge in [-0.15, -0.1) is 21.5 Å². The Morgan fingerprint density at radius 3 is 2.67 bits per heavy atom. The number of rotatable bonds is 4. The van der Waals surface area contributed by atoms with Crippen molar-refractivity contribution in [3.63, 3.8) is 0 Å². The Bertz CT molecular complexity index is 1020. The zero-order chi connectivity index (χ0) is 16.5. The van der Waals surface area contributed by atoms with Gasteiger partial charge >= 0.3 is 11.8 Å². The summed E-state index contributed by atoms with van der Waals surface area (Å²) in [7, 11) is 0. The Morgan fingerprint density at radius 1 is 1.08 bits per heavy atom. The topological polar surface area (TPSA) is 94.9 Å². The van der Waals surface area contributed by atoms with Crippen LogP contribution in [0.25, 0.3) is 21.3 Å². The number of nitrogens with two attached hydrogens (primary N) is 1. The number of aromatic nitrogens is 3. The van der Waals surface area contributed by atoms with Crippen molar-refractivity contribution in [2.45, 2.75) is 6.42 Å². The standard InChI is InChI=1S/C17H12N4O2S/c18-16(22)17-21-20-14(23-17)9-15-19-12-7-6-11(8-13(12)24-15)10-4-2-1-3-5-10/h1-8H,9H2,(H2,18,22). The number of carbonyl (C=O) groups excluding carboxylic acids is 1. The molecule has 2 N–H and O–H groups in total. The molecule has 118 valence electrons. The normalized spacial score (nSPS) is 11.0. The third-order valence-corrected chi connectivity index (χ3v) is 4.54. The minimum absolute atomic E-state index is 0.183. The fourth-order valence-electron chi connectivity index (χ4n) is 2.41. The van der Waals surface area contributed by atoms with E-state index in [-0.39, 0.29) is 5.89 Å². The summed E-state index contributed by atoms with van der Waals surface area (Å²) in [6.07, 6.45) is 0.375. The lowest BCUT2D eigenvalue weighted by atomic mass is 10.1. The molecule has 0 saturated heterocycles. The van der Waals surface area contributed by atoms with Crippen LogP contribution in [0.5, 0.6) is 0 Å². The second kappa shape index (κ2) is 5.86. The van der Waals surface area contributed by atoms with E-state index in [0.717, 1.165) is 26.4 Å². The van der Waals surface area contributed by atoms with Gasteiger partial charge in [-0.1, -0.05) is 36.4 Å². The highest BCUT2D eigenvalue weighted by Crippen LogP contribution is 2.29. The lowest BCUT2D eigenvalue weighted by Crippen LogP contribution is -2.11. The second-order valence-electron chi connectivity index (χ2n) is 5.20. The van der Waals surface area contributed by atoms with Crippen LogP contribution in [0.15, 0.2) is 52.9 Å². The van der Waals surface area contributed by atoms with Gasteiger partial charge in [-0.25, -0.2) is 4.98 Å². The van der Waals surface area contributed by atoms with Crippen molar-refractivity contribution in [1.29, 1.82) is 0 Å². The van der Waals surface area contributed by atoms with Crippen molar-refractivity contribution < 1.29 is 9.21 Å². The van der Waals surface area contributed by atoms with Crippen molar-refractivity contribution in [1.82, 2.24) is 15.2 Å². The first-order chi connectivity index (χ1) is 11.7. The monoisotopic (exact) mass is 336 g/mol. The van der Waals surface area contributed by atoms with E-state index in [1.165, 1.54) is 0 Å². The number of fused-ring (bicyclic) bond motifs is 1. The lowest BCUT2D eigenvalue weighted by Gasteiger charge is -2.00. The van der Waals surface area contributed by atoms with Crippen LogP contribution in [0.3, 0.4) is 0 Å². The molecule has 0 radical (unpaired) electrons. The minimum atomic E-state index is -0.731. The zero-order valence-corrected chi connectivity index (χ0v) is 13.3. The number of hydrogen-bond donors (Lipinski definition) is 1. The number of amides is 1. The molecule has 6 nitrogen and oxygen atoms in total. The van der Waals surface area contributed by atoms with Gasteiger partial charge in [0, 0.05) is 0 Å². The number of nitrogens with zero attached hydrogens (tertiary/aromatic N) is 3. The van der Waals surface area contributed by atoms with Gasteiger partial charge in [0.1, 0.15) is 5.01 Å². The van der Waals surface area contributed by atoms with E-state index in [2.05, 4.69) is 39.4 Å². The summed E-state index contributed by atoms with van der Waals surface area (Å²) in [4.78, 5) is 15.6. The molecule has 0 atom stereocenters. The van der Waals surface area contributed by atoms with Gasteiger partial charge in [-0.05, 0) is 23.3 Å². The molecule has 0 unspecified atom stereocenters. The quantitative estimate of drug-likeness (QED) is 0.618. The lowest BCUT2D eigenvalue weighted by molar-refractivity contribution is 0.0965. The van der Waals surface area contributed by atoms with Crippen molar-refractivity contribution >= 4 is 27.5 Å². The van der Waals surface area contributed by atoms with Crippen LogP contribution in [-0.4, -0.2) is 21.1 Å². The van der Waals surface area contributed by atoms with E-state index >= 15 is 0 Å². The summed E-state index contributed by atoms with van der Waals surface area (Å²) in [5.74, 6) is -0.589. The average Bonchev–Trinajstić information content (AvgIpc) is 3.21. The van der Waals surface area contributed by atoms with E-state index in [1.54, 1.807) is 11.3 Å². The summed E-state index contributed by atoms with van der Waals surface area (Å²) >= 11 is 1.56. The molecule has 0 fully saturated rings. The van der Waals surface area contributed by atoms with Crippen LogP contribution in [-0.2, 0) is 6.42 Å². The SMILES string of the molecule is NC(=O)c1nnc(Cc2nc3ccc(-c4ccccc4)cc3s2)o1. The van der Waals surface area contributed by atoms with E-state index < -0.39 is 5.91 Å². The van der Waals surface area contributed by atoms with Crippen LogP contribution in [0.2, 0.25) is 0 Å². The Kier molecular flexibility index (Phi) is 3.55. The molecule has 4 aromatic rings. The smallest absolute Gasteiger partial charge is 0.306 e. The maximum absolute atomic E-state index is 11.0. The summed E-state index contributed by atoms with van der Waals surface area (Å²) in [6, 6.07) is 16.4. The highest BCUT2D eigenvalue weighted by Gasteiger charge is 2.14. The van der Waals surface area contributed by atoms with Crippen molar-refractivity contribution in [2.24, 2.45) is 5.73 Å². The molecular weight excluding hydrogens is 324 g/mol. The fourth-order valence-corrected chi connectivity index (χ4v) is 3.41. The van der Waals surface area contributed by atoms with Crippen LogP contribution in [0, 0.1) is 0 Å². The van der Waals surface area contributed by atoms with Crippen molar-refractivity contribution in [3.05, 3.63) is 65.3 Å². The maximum atomic E-state index is 11.0. The molecular formula is C17H12N4O2S. The second-order valence-corrected chi connectivity index (χ2v) is 6.31. The minimum Gasteiger partial charge on any atom is -0.416 e. The van der Waals surface area contributed by atoms with Gasteiger partial charge < -0.3 is 10.2 Å². The van der Waals surface area contributed by atoms with Crippen molar-refractivity contribution in [3.8, 4) is 11.1 Å². The molecule has 0 saturated carbocycles. The van der Waals surface area contributed by atoms with Crippen LogP contribution in [0.4, 0.5) is 0 Å². The Hall–Kier alpha value is -3.06. The summed E-state index contributed by atoms with van der Waals surface area (Å²) < 4.78 is 6.29. The molecule has 0 aliphatic heterocycles. The molecule has 2 heterocycles. The predicted molar refractivity (Wildman–Crippen MR) is 90.7 cm³/mol.